The first-order valence-corrected chi connectivity index (χ1v) is 24.9. The van der Waals surface area contributed by atoms with Crippen molar-refractivity contribution in [3.05, 3.63) is 251 Å². The van der Waals surface area contributed by atoms with Gasteiger partial charge < -0.3 is 52.5 Å². The molecule has 0 radical (unpaired) electrons. The lowest BCUT2D eigenvalue weighted by atomic mass is 9.96. The summed E-state index contributed by atoms with van der Waals surface area (Å²) in [5, 5.41) is 11.9. The smallest absolute Gasteiger partial charge is 0.338 e. The van der Waals surface area contributed by atoms with E-state index in [0.717, 1.165) is 0 Å². The van der Waals surface area contributed by atoms with Gasteiger partial charge in [-0.2, -0.15) is 0 Å². The van der Waals surface area contributed by atoms with Gasteiger partial charge in [0.15, 0.2) is 49.2 Å². The third-order valence-corrected chi connectivity index (χ3v) is 12.5. The first-order chi connectivity index (χ1) is 38.5. The topological polar surface area (TPSA) is 232 Å². The fraction of sp³-hybridized carbons (Fsp3) is 0.197. The van der Waals surface area contributed by atoms with Crippen LogP contribution in [0.4, 0.5) is 0 Å². The van der Waals surface area contributed by atoms with Crippen LogP contribution < -0.4 is 0 Å². The lowest BCUT2D eigenvalue weighted by Gasteiger charge is -2.46. The summed E-state index contributed by atoms with van der Waals surface area (Å²) < 4.78 is 61.4. The summed E-state index contributed by atoms with van der Waals surface area (Å²) in [5.41, 5.74) is 0.388. The van der Waals surface area contributed by atoms with Crippen molar-refractivity contribution >= 4 is 41.8 Å². The van der Waals surface area contributed by atoms with E-state index in [1.165, 1.54) is 84.9 Å². The number of hydrogen-bond acceptors (Lipinski definition) is 18. The minimum Gasteiger partial charge on any atom is -0.459 e. The Morgan fingerprint density at radius 1 is 0.304 bits per heavy atom. The molecule has 0 amide bonds. The summed E-state index contributed by atoms with van der Waals surface area (Å²) in [6.07, 6.45) is -18.2. The molecule has 9 rings (SSSR count). The molecule has 10 atom stereocenters. The molecule has 0 saturated carbocycles. The van der Waals surface area contributed by atoms with Crippen molar-refractivity contribution in [3.8, 4) is 0 Å². The summed E-state index contributed by atoms with van der Waals surface area (Å²) in [6.45, 7) is -1.50. The fourth-order valence-electron chi connectivity index (χ4n) is 8.58. The van der Waals surface area contributed by atoms with E-state index in [-0.39, 0.29) is 38.9 Å². The zero-order valence-electron chi connectivity index (χ0n) is 41.8. The van der Waals surface area contributed by atoms with Crippen LogP contribution in [0.3, 0.4) is 0 Å². The third kappa shape index (κ3) is 13.8. The van der Waals surface area contributed by atoms with Crippen molar-refractivity contribution in [2.24, 2.45) is 0 Å². The standard InChI is InChI=1S/C61H50O18/c62-53(38-22-8-1-9-23-38)70-36-46-48(75-55(64)40-26-12-3-13-27-40)50(77-57(66)42-30-16-5-17-31-42)52(79-59(68)44-34-20-7-21-35-44)61(73-46)71-37-45-47(74-54(63)39-24-10-2-11-25-39)49(76-56(65)41-28-14-4-15-29-41)51(60(69)72-45)78-58(67)43-32-18-6-19-33-43/h1-35,45-52,60-61,69H,36-37H2/t45-,46-,47-,48-,49+,50+,51-,52-,60-,61-/m1/s1. The van der Waals surface area contributed by atoms with Gasteiger partial charge in [-0.15, -0.1) is 0 Å². The van der Waals surface area contributed by atoms with E-state index in [2.05, 4.69) is 0 Å². The molecule has 2 heterocycles. The second-order valence-electron chi connectivity index (χ2n) is 17.8. The van der Waals surface area contributed by atoms with Gasteiger partial charge in [-0.1, -0.05) is 127 Å². The second-order valence-corrected chi connectivity index (χ2v) is 17.8. The van der Waals surface area contributed by atoms with Crippen LogP contribution in [-0.2, 0) is 47.4 Å². The SMILES string of the molecule is O=C(OC[C@H]1O[C@@H](OC[C@H]2O[C@@H](O)[C@H](OC(=O)c3ccccc3)[C@@H](OC(=O)c3ccccc3)[C@@H]2OC(=O)c2ccccc2)[C@H](OC(=O)c2ccccc2)[C@@H](OC(=O)c2ccccc2)[C@@H]1OC(=O)c1ccccc1)c1ccccc1. The van der Waals surface area contributed by atoms with Crippen molar-refractivity contribution < 1.29 is 86.0 Å². The van der Waals surface area contributed by atoms with Crippen molar-refractivity contribution in [2.75, 3.05) is 13.2 Å². The number of benzene rings is 7. The van der Waals surface area contributed by atoms with Crippen molar-refractivity contribution in [3.63, 3.8) is 0 Å². The zero-order chi connectivity index (χ0) is 55.1. The monoisotopic (exact) mass is 1070 g/mol. The highest BCUT2D eigenvalue weighted by molar-refractivity contribution is 5.93. The number of hydrogen-bond donors (Lipinski definition) is 1. The largest absolute Gasteiger partial charge is 0.459 e. The van der Waals surface area contributed by atoms with Crippen LogP contribution in [0.2, 0.25) is 0 Å². The molecule has 0 aliphatic carbocycles. The molecule has 2 aliphatic rings. The molecule has 402 valence electrons. The van der Waals surface area contributed by atoms with E-state index in [4.69, 9.17) is 47.4 Å². The quantitative estimate of drug-likeness (QED) is 0.0642. The lowest BCUT2D eigenvalue weighted by molar-refractivity contribution is -0.323. The number of aliphatic hydroxyl groups excluding tert-OH is 1. The van der Waals surface area contributed by atoms with Gasteiger partial charge in [-0.3, -0.25) is 0 Å². The molecule has 2 fully saturated rings. The summed E-state index contributed by atoms with van der Waals surface area (Å²) >= 11 is 0. The Balaban J connectivity index is 1.12. The van der Waals surface area contributed by atoms with E-state index in [9.17, 15) is 38.7 Å². The Bertz CT molecular complexity index is 3170. The predicted molar refractivity (Wildman–Crippen MR) is 276 cm³/mol. The molecular formula is C61H50O18. The number of aliphatic hydroxyl groups is 1. The van der Waals surface area contributed by atoms with E-state index in [1.807, 2.05) is 0 Å². The van der Waals surface area contributed by atoms with Gasteiger partial charge in [0.2, 0.25) is 0 Å². The highest BCUT2D eigenvalue weighted by Crippen LogP contribution is 2.35. The number of rotatable bonds is 18. The molecule has 0 unspecified atom stereocenters. The van der Waals surface area contributed by atoms with Gasteiger partial charge in [-0.05, 0) is 84.9 Å². The van der Waals surface area contributed by atoms with Crippen molar-refractivity contribution in [1.82, 2.24) is 0 Å². The first kappa shape index (κ1) is 54.5. The molecule has 0 aromatic heterocycles. The van der Waals surface area contributed by atoms with Gasteiger partial charge in [0.25, 0.3) is 0 Å². The lowest BCUT2D eigenvalue weighted by Crippen LogP contribution is -2.65. The Kier molecular flexibility index (Phi) is 18.0. The van der Waals surface area contributed by atoms with Crippen LogP contribution in [0.1, 0.15) is 72.5 Å². The molecule has 2 aliphatic heterocycles. The average Bonchev–Trinajstić information content (AvgIpc) is 3.59. The summed E-state index contributed by atoms with van der Waals surface area (Å²) in [5.74, 6) is -6.63. The minimum atomic E-state index is -2.12. The number of ether oxygens (including phenoxy) is 10. The van der Waals surface area contributed by atoms with Crippen molar-refractivity contribution in [2.45, 2.75) is 61.4 Å². The number of carbonyl (C=O) groups is 7. The molecule has 18 nitrogen and oxygen atoms in total. The van der Waals surface area contributed by atoms with Crippen LogP contribution in [0.15, 0.2) is 212 Å². The Morgan fingerprint density at radius 3 is 0.886 bits per heavy atom. The van der Waals surface area contributed by atoms with Gasteiger partial charge in [0, 0.05) is 0 Å². The summed E-state index contributed by atoms with van der Waals surface area (Å²) in [7, 11) is 0. The second kappa shape index (κ2) is 26.1. The molecule has 0 spiro atoms. The first-order valence-electron chi connectivity index (χ1n) is 24.9. The van der Waals surface area contributed by atoms with Gasteiger partial charge >= 0.3 is 41.8 Å². The van der Waals surface area contributed by atoms with Crippen LogP contribution in [0, 0.1) is 0 Å². The van der Waals surface area contributed by atoms with Crippen LogP contribution in [0.5, 0.6) is 0 Å². The Labute approximate surface area is 452 Å². The number of esters is 7. The summed E-state index contributed by atoms with van der Waals surface area (Å²) in [6, 6.07) is 54.3. The predicted octanol–water partition coefficient (Wildman–Crippen LogP) is 7.66. The fourth-order valence-corrected chi connectivity index (χ4v) is 8.58. The van der Waals surface area contributed by atoms with Crippen LogP contribution in [0.25, 0.3) is 0 Å². The van der Waals surface area contributed by atoms with Crippen LogP contribution >= 0.6 is 0 Å². The molecule has 0 bridgehead atoms. The van der Waals surface area contributed by atoms with Crippen molar-refractivity contribution in [1.29, 1.82) is 0 Å². The van der Waals surface area contributed by atoms with E-state index in [1.54, 1.807) is 127 Å². The molecule has 2 saturated heterocycles. The van der Waals surface area contributed by atoms with E-state index in [0.29, 0.717) is 0 Å². The van der Waals surface area contributed by atoms with Crippen LogP contribution in [-0.4, -0.2) is 122 Å². The maximum absolute atomic E-state index is 14.3. The maximum atomic E-state index is 14.3. The zero-order valence-corrected chi connectivity index (χ0v) is 41.8. The molecule has 7 aromatic rings. The van der Waals surface area contributed by atoms with E-state index < -0.39 is 116 Å². The average molecular weight is 1070 g/mol. The molecule has 79 heavy (non-hydrogen) atoms. The molecular weight excluding hydrogens is 1020 g/mol. The van der Waals surface area contributed by atoms with Gasteiger partial charge in [0.1, 0.15) is 18.8 Å². The number of carbonyl (C=O) groups excluding carboxylic acids is 7. The highest BCUT2D eigenvalue weighted by Gasteiger charge is 2.56. The molecule has 18 heteroatoms. The Hall–Kier alpha value is -9.33. The molecule has 7 aromatic carbocycles. The van der Waals surface area contributed by atoms with Gasteiger partial charge in [0.05, 0.1) is 45.6 Å². The normalized spacial score (nSPS) is 22.4. The Morgan fingerprint density at radius 2 is 0.557 bits per heavy atom. The maximum Gasteiger partial charge on any atom is 0.338 e. The van der Waals surface area contributed by atoms with E-state index >= 15 is 0 Å². The third-order valence-electron chi connectivity index (χ3n) is 12.5. The highest BCUT2D eigenvalue weighted by atomic mass is 16.7. The molecule has 1 N–H and O–H groups in total. The minimum absolute atomic E-state index is 0.0249. The van der Waals surface area contributed by atoms with Gasteiger partial charge in [-0.25, -0.2) is 33.6 Å². The summed E-state index contributed by atoms with van der Waals surface area (Å²) in [4.78, 5) is 98.0.